The monoisotopic (exact) mass is 366 g/mol. The Morgan fingerprint density at radius 3 is 2.52 bits per heavy atom. The molecule has 0 aromatic heterocycles. The average molecular weight is 367 g/mol. The summed E-state index contributed by atoms with van der Waals surface area (Å²) in [5.41, 5.74) is 9.42. The van der Waals surface area contributed by atoms with Gasteiger partial charge in [-0.15, -0.1) is 12.4 Å². The minimum absolute atomic E-state index is 0. The van der Waals surface area contributed by atoms with Gasteiger partial charge >= 0.3 is 0 Å². The van der Waals surface area contributed by atoms with Crippen LogP contribution in [0.2, 0.25) is 0 Å². The Kier molecular flexibility index (Phi) is 8.60. The second kappa shape index (κ2) is 9.93. The maximum Gasteiger partial charge on any atom is 0.222 e. The first-order valence-electron chi connectivity index (χ1n) is 9.03. The van der Waals surface area contributed by atoms with Crippen molar-refractivity contribution in [1.82, 2.24) is 4.90 Å². The van der Waals surface area contributed by atoms with Crippen LogP contribution in [0.3, 0.4) is 0 Å². The summed E-state index contributed by atoms with van der Waals surface area (Å²) in [5.74, 6) is 0.487. The number of carbonyl (C=O) groups is 2. The lowest BCUT2D eigenvalue weighted by molar-refractivity contribution is -0.129. The summed E-state index contributed by atoms with van der Waals surface area (Å²) in [6.07, 6.45) is 4.69. The number of halogens is 1. The molecule has 1 atom stereocenters. The highest BCUT2D eigenvalue weighted by Gasteiger charge is 2.17. The van der Waals surface area contributed by atoms with Crippen LogP contribution in [0.4, 0.5) is 0 Å². The zero-order valence-electron chi connectivity index (χ0n) is 15.6. The molecule has 1 aromatic rings. The van der Waals surface area contributed by atoms with E-state index in [1.807, 2.05) is 12.1 Å². The Morgan fingerprint density at radius 2 is 1.84 bits per heavy atom. The van der Waals surface area contributed by atoms with Gasteiger partial charge in [-0.1, -0.05) is 26.0 Å². The van der Waals surface area contributed by atoms with Crippen molar-refractivity contribution in [2.24, 2.45) is 11.7 Å². The number of amides is 1. The van der Waals surface area contributed by atoms with Crippen molar-refractivity contribution in [3.63, 3.8) is 0 Å². The van der Waals surface area contributed by atoms with Crippen LogP contribution in [0.1, 0.15) is 61.0 Å². The maximum atomic E-state index is 12.3. The number of aryl methyl sites for hydroxylation is 2. The van der Waals surface area contributed by atoms with Crippen LogP contribution in [0.25, 0.3) is 0 Å². The van der Waals surface area contributed by atoms with E-state index in [1.165, 1.54) is 17.5 Å². The third-order valence-corrected chi connectivity index (χ3v) is 5.07. The topological polar surface area (TPSA) is 63.4 Å². The van der Waals surface area contributed by atoms with Crippen LogP contribution in [-0.4, -0.2) is 36.2 Å². The van der Waals surface area contributed by atoms with Gasteiger partial charge < -0.3 is 10.6 Å². The summed E-state index contributed by atoms with van der Waals surface area (Å²) in [6.45, 7) is 4.81. The number of fused-ring (bicyclic) bond motifs is 1. The fourth-order valence-electron chi connectivity index (χ4n) is 3.10. The predicted octanol–water partition coefficient (Wildman–Crippen LogP) is 3.39. The first-order valence-corrected chi connectivity index (χ1v) is 9.03. The number of rotatable bonds is 8. The van der Waals surface area contributed by atoms with Gasteiger partial charge in [-0.05, 0) is 48.8 Å². The molecule has 140 valence electrons. The molecule has 25 heavy (non-hydrogen) atoms. The lowest BCUT2D eigenvalue weighted by Gasteiger charge is -2.21. The Bertz CT molecular complexity index is 601. The van der Waals surface area contributed by atoms with E-state index >= 15 is 0 Å². The third kappa shape index (κ3) is 6.12. The molecule has 0 saturated carbocycles. The summed E-state index contributed by atoms with van der Waals surface area (Å²) in [4.78, 5) is 26.2. The summed E-state index contributed by atoms with van der Waals surface area (Å²) >= 11 is 0. The Balaban J connectivity index is 0.00000312. The molecule has 0 heterocycles. The average Bonchev–Trinajstić information content (AvgIpc) is 3.04. The SMILES string of the molecule is CC(C)C(N)CCN(C)C(=O)CCC(=O)c1ccc2c(c1)CCC2.Cl. The van der Waals surface area contributed by atoms with Gasteiger partial charge in [0.25, 0.3) is 0 Å². The molecule has 0 radical (unpaired) electrons. The number of hydrogen-bond acceptors (Lipinski definition) is 3. The van der Waals surface area contributed by atoms with Gasteiger partial charge in [0, 0.05) is 38.0 Å². The van der Waals surface area contributed by atoms with Crippen molar-refractivity contribution >= 4 is 24.1 Å². The van der Waals surface area contributed by atoms with E-state index in [9.17, 15) is 9.59 Å². The molecule has 0 fully saturated rings. The first kappa shape index (κ1) is 21.7. The van der Waals surface area contributed by atoms with Crippen molar-refractivity contribution in [3.05, 3.63) is 34.9 Å². The number of carbonyl (C=O) groups excluding carboxylic acids is 2. The molecule has 5 heteroatoms. The summed E-state index contributed by atoms with van der Waals surface area (Å²) in [7, 11) is 1.79. The molecular formula is C20H31ClN2O2. The summed E-state index contributed by atoms with van der Waals surface area (Å²) in [6, 6.07) is 6.09. The second-order valence-electron chi connectivity index (χ2n) is 7.27. The number of benzene rings is 1. The smallest absolute Gasteiger partial charge is 0.222 e. The van der Waals surface area contributed by atoms with Gasteiger partial charge in [0.05, 0.1) is 0 Å². The van der Waals surface area contributed by atoms with Gasteiger partial charge in [0.1, 0.15) is 0 Å². The lowest BCUT2D eigenvalue weighted by atomic mass is 10.0. The minimum Gasteiger partial charge on any atom is -0.346 e. The Labute approximate surface area is 157 Å². The molecular weight excluding hydrogens is 336 g/mol. The Morgan fingerprint density at radius 1 is 1.16 bits per heavy atom. The largest absolute Gasteiger partial charge is 0.346 e. The van der Waals surface area contributed by atoms with Gasteiger partial charge in [0.15, 0.2) is 5.78 Å². The molecule has 0 aliphatic heterocycles. The lowest BCUT2D eigenvalue weighted by Crippen LogP contribution is -2.34. The highest BCUT2D eigenvalue weighted by atomic mass is 35.5. The molecule has 2 N–H and O–H groups in total. The van der Waals surface area contributed by atoms with E-state index in [0.29, 0.717) is 12.5 Å². The van der Waals surface area contributed by atoms with Crippen molar-refractivity contribution in [1.29, 1.82) is 0 Å². The number of nitrogens with zero attached hydrogens (tertiary/aromatic N) is 1. The highest BCUT2D eigenvalue weighted by molar-refractivity contribution is 5.98. The van der Waals surface area contributed by atoms with E-state index in [-0.39, 0.29) is 43.0 Å². The van der Waals surface area contributed by atoms with E-state index in [2.05, 4.69) is 19.9 Å². The van der Waals surface area contributed by atoms with Crippen LogP contribution < -0.4 is 5.73 Å². The normalized spacial score (nSPS) is 14.0. The predicted molar refractivity (Wildman–Crippen MR) is 104 cm³/mol. The molecule has 1 aliphatic carbocycles. The zero-order valence-corrected chi connectivity index (χ0v) is 16.4. The Hall–Kier alpha value is -1.39. The number of hydrogen-bond donors (Lipinski definition) is 1. The minimum atomic E-state index is 0. The van der Waals surface area contributed by atoms with Crippen LogP contribution in [-0.2, 0) is 17.6 Å². The van der Waals surface area contributed by atoms with E-state index in [1.54, 1.807) is 11.9 Å². The molecule has 0 spiro atoms. The quantitative estimate of drug-likeness (QED) is 0.717. The van der Waals surface area contributed by atoms with Crippen LogP contribution in [0.5, 0.6) is 0 Å². The first-order chi connectivity index (χ1) is 11.4. The third-order valence-electron chi connectivity index (χ3n) is 5.07. The summed E-state index contributed by atoms with van der Waals surface area (Å²) in [5, 5.41) is 0. The molecule has 0 saturated heterocycles. The van der Waals surface area contributed by atoms with Crippen LogP contribution in [0.15, 0.2) is 18.2 Å². The standard InChI is InChI=1S/C20H30N2O2.ClH/c1-14(2)18(21)11-12-22(3)20(24)10-9-19(23)17-8-7-15-5-4-6-16(15)13-17;/h7-8,13-14,18H,4-6,9-12,21H2,1-3H3;1H. The maximum absolute atomic E-state index is 12.3. The van der Waals surface area contributed by atoms with E-state index < -0.39 is 0 Å². The molecule has 1 aromatic carbocycles. The van der Waals surface area contributed by atoms with E-state index in [0.717, 1.165) is 24.8 Å². The number of nitrogens with two attached hydrogens (primary N) is 1. The number of ketones is 1. The molecule has 0 bridgehead atoms. The van der Waals surface area contributed by atoms with Crippen molar-refractivity contribution in [3.8, 4) is 0 Å². The van der Waals surface area contributed by atoms with Gasteiger partial charge in [-0.25, -0.2) is 0 Å². The number of Topliss-reactive ketones (excluding diaryl/α,β-unsaturated/α-hetero) is 1. The molecule has 1 unspecified atom stereocenters. The molecule has 2 rings (SSSR count). The molecule has 1 amide bonds. The summed E-state index contributed by atoms with van der Waals surface area (Å²) < 4.78 is 0. The van der Waals surface area contributed by atoms with E-state index in [4.69, 9.17) is 5.73 Å². The molecule has 1 aliphatic rings. The van der Waals surface area contributed by atoms with Gasteiger partial charge in [0.2, 0.25) is 5.91 Å². The second-order valence-corrected chi connectivity index (χ2v) is 7.27. The van der Waals surface area contributed by atoms with Crippen molar-refractivity contribution < 1.29 is 9.59 Å². The fourth-order valence-corrected chi connectivity index (χ4v) is 3.10. The van der Waals surface area contributed by atoms with Crippen molar-refractivity contribution in [2.45, 2.75) is 58.4 Å². The van der Waals surface area contributed by atoms with Gasteiger partial charge in [-0.2, -0.15) is 0 Å². The van der Waals surface area contributed by atoms with Crippen LogP contribution >= 0.6 is 12.4 Å². The fraction of sp³-hybridized carbons (Fsp3) is 0.600. The molecule has 4 nitrogen and oxygen atoms in total. The highest BCUT2D eigenvalue weighted by Crippen LogP contribution is 2.23. The van der Waals surface area contributed by atoms with Crippen molar-refractivity contribution in [2.75, 3.05) is 13.6 Å². The van der Waals surface area contributed by atoms with Gasteiger partial charge in [-0.3, -0.25) is 9.59 Å². The zero-order chi connectivity index (χ0) is 17.7. The van der Waals surface area contributed by atoms with Crippen LogP contribution in [0, 0.1) is 5.92 Å².